The van der Waals surface area contributed by atoms with Crippen molar-refractivity contribution in [3.05, 3.63) is 47.2 Å². The van der Waals surface area contributed by atoms with Crippen LogP contribution < -0.4 is 5.32 Å². The first-order valence-corrected chi connectivity index (χ1v) is 4.69. The van der Waals surface area contributed by atoms with Gasteiger partial charge in [0.15, 0.2) is 0 Å². The molecule has 0 spiro atoms. The molecule has 0 aromatic rings. The van der Waals surface area contributed by atoms with Crippen molar-refractivity contribution in [2.45, 2.75) is 20.8 Å². The summed E-state index contributed by atoms with van der Waals surface area (Å²) in [5.41, 5.74) is 3.78. The predicted molar refractivity (Wildman–Crippen MR) is 58.4 cm³/mol. The van der Waals surface area contributed by atoms with Gasteiger partial charge in [-0.1, -0.05) is 29.9 Å². The van der Waals surface area contributed by atoms with Gasteiger partial charge in [-0.15, -0.1) is 0 Å². The Hall–Kier alpha value is -1.24. The number of hydrogen-bond acceptors (Lipinski definition) is 1. The van der Waals surface area contributed by atoms with Crippen LogP contribution in [0.3, 0.4) is 0 Å². The molecule has 0 amide bonds. The third-order valence-corrected chi connectivity index (χ3v) is 2.16. The molecule has 13 heavy (non-hydrogen) atoms. The van der Waals surface area contributed by atoms with Crippen LogP contribution in [-0.4, -0.2) is 6.54 Å². The lowest BCUT2D eigenvalue weighted by Crippen LogP contribution is -2.18. The molecule has 0 aromatic carbocycles. The lowest BCUT2D eigenvalue weighted by molar-refractivity contribution is 0.897. The molecule has 0 aromatic heterocycles. The maximum absolute atomic E-state index is 3.35. The first-order valence-electron chi connectivity index (χ1n) is 4.69. The van der Waals surface area contributed by atoms with E-state index in [9.17, 15) is 0 Å². The van der Waals surface area contributed by atoms with E-state index >= 15 is 0 Å². The third-order valence-electron chi connectivity index (χ3n) is 2.16. The smallest absolute Gasteiger partial charge is 0.0415 e. The molecule has 0 radical (unpaired) electrons. The lowest BCUT2D eigenvalue weighted by Gasteiger charge is -2.15. The summed E-state index contributed by atoms with van der Waals surface area (Å²) >= 11 is 0. The molecule has 1 heterocycles. The summed E-state index contributed by atoms with van der Waals surface area (Å²) in [6, 6.07) is 0. The highest BCUT2D eigenvalue weighted by Crippen LogP contribution is 2.14. The Morgan fingerprint density at radius 1 is 1.46 bits per heavy atom. The summed E-state index contributed by atoms with van der Waals surface area (Å²) in [5, 5.41) is 3.35. The van der Waals surface area contributed by atoms with Crippen molar-refractivity contribution in [1.82, 2.24) is 5.32 Å². The highest BCUT2D eigenvalue weighted by Gasteiger charge is 2.03. The molecule has 0 atom stereocenters. The third kappa shape index (κ3) is 2.62. The Morgan fingerprint density at radius 3 is 2.85 bits per heavy atom. The SMILES string of the molecule is C\C=C(C)/C=C1/NCC=C/C1=C/C. The summed E-state index contributed by atoms with van der Waals surface area (Å²) in [4.78, 5) is 0. The minimum atomic E-state index is 0.931. The van der Waals surface area contributed by atoms with Crippen LogP contribution in [0.5, 0.6) is 0 Å². The van der Waals surface area contributed by atoms with Crippen molar-refractivity contribution < 1.29 is 0 Å². The number of nitrogens with one attached hydrogen (secondary N) is 1. The Bertz CT molecular complexity index is 290. The highest BCUT2D eigenvalue weighted by molar-refractivity contribution is 5.44. The number of hydrogen-bond donors (Lipinski definition) is 1. The maximum atomic E-state index is 3.35. The molecule has 70 valence electrons. The zero-order valence-corrected chi connectivity index (χ0v) is 8.59. The van der Waals surface area contributed by atoms with Crippen molar-refractivity contribution in [2.75, 3.05) is 6.54 Å². The fraction of sp³-hybridized carbons (Fsp3) is 0.333. The fourth-order valence-corrected chi connectivity index (χ4v) is 1.24. The molecule has 1 rings (SSSR count). The maximum Gasteiger partial charge on any atom is 0.0415 e. The second-order valence-electron chi connectivity index (χ2n) is 3.12. The van der Waals surface area contributed by atoms with E-state index in [-0.39, 0.29) is 0 Å². The molecule has 1 aliphatic heterocycles. The summed E-state index contributed by atoms with van der Waals surface area (Å²) in [7, 11) is 0. The Balaban J connectivity index is 2.91. The zero-order chi connectivity index (χ0) is 9.68. The Morgan fingerprint density at radius 2 is 2.23 bits per heavy atom. The van der Waals surface area contributed by atoms with Gasteiger partial charge < -0.3 is 5.32 Å². The first-order chi connectivity index (χ1) is 6.27. The van der Waals surface area contributed by atoms with Crippen molar-refractivity contribution in [1.29, 1.82) is 0 Å². The van der Waals surface area contributed by atoms with Crippen LogP contribution in [0.4, 0.5) is 0 Å². The van der Waals surface area contributed by atoms with Crippen LogP contribution in [-0.2, 0) is 0 Å². The van der Waals surface area contributed by atoms with E-state index in [4.69, 9.17) is 0 Å². The molecule has 0 saturated carbocycles. The van der Waals surface area contributed by atoms with Gasteiger partial charge in [0.05, 0.1) is 0 Å². The second kappa shape index (κ2) is 4.70. The van der Waals surface area contributed by atoms with E-state index < -0.39 is 0 Å². The molecule has 0 unspecified atom stereocenters. The molecule has 0 bridgehead atoms. The van der Waals surface area contributed by atoms with Gasteiger partial charge >= 0.3 is 0 Å². The van der Waals surface area contributed by atoms with Gasteiger partial charge in [0, 0.05) is 12.2 Å². The van der Waals surface area contributed by atoms with Gasteiger partial charge in [-0.2, -0.15) is 0 Å². The van der Waals surface area contributed by atoms with Crippen molar-refractivity contribution >= 4 is 0 Å². The van der Waals surface area contributed by atoms with E-state index in [0.29, 0.717) is 0 Å². The average molecular weight is 175 g/mol. The standard InChI is InChI=1S/C12H17N/c1-4-10(3)9-12-11(5-2)7-6-8-13-12/h4-7,9,13H,8H2,1-3H3/b10-4-,11-5-,12-9+. The Kier molecular flexibility index (Phi) is 3.56. The van der Waals surface area contributed by atoms with E-state index in [0.717, 1.165) is 6.54 Å². The lowest BCUT2D eigenvalue weighted by atomic mass is 10.1. The summed E-state index contributed by atoms with van der Waals surface area (Å²) in [6.45, 7) is 7.16. The van der Waals surface area contributed by atoms with E-state index in [2.05, 4.69) is 56.5 Å². The summed E-state index contributed by atoms with van der Waals surface area (Å²) < 4.78 is 0. The Labute approximate surface area is 80.5 Å². The van der Waals surface area contributed by atoms with E-state index in [1.54, 1.807) is 0 Å². The largest absolute Gasteiger partial charge is 0.381 e. The summed E-state index contributed by atoms with van der Waals surface area (Å²) in [5.74, 6) is 0. The van der Waals surface area contributed by atoms with Crippen LogP contribution >= 0.6 is 0 Å². The average Bonchev–Trinajstić information content (AvgIpc) is 2.18. The van der Waals surface area contributed by atoms with Gasteiger partial charge in [-0.3, -0.25) is 0 Å². The van der Waals surface area contributed by atoms with Crippen molar-refractivity contribution in [3.63, 3.8) is 0 Å². The van der Waals surface area contributed by atoms with Gasteiger partial charge in [0.1, 0.15) is 0 Å². The molecular formula is C12H17N. The summed E-state index contributed by atoms with van der Waals surface area (Å²) in [6.07, 6.45) is 10.7. The molecule has 1 aliphatic rings. The van der Waals surface area contributed by atoms with E-state index in [1.165, 1.54) is 16.8 Å². The molecule has 0 fully saturated rings. The molecule has 0 aliphatic carbocycles. The number of rotatable bonds is 1. The molecular weight excluding hydrogens is 158 g/mol. The quantitative estimate of drug-likeness (QED) is 0.646. The van der Waals surface area contributed by atoms with Crippen LogP contribution in [0.25, 0.3) is 0 Å². The van der Waals surface area contributed by atoms with Gasteiger partial charge in [0.25, 0.3) is 0 Å². The monoisotopic (exact) mass is 175 g/mol. The van der Waals surface area contributed by atoms with Crippen molar-refractivity contribution in [2.24, 2.45) is 0 Å². The fourth-order valence-electron chi connectivity index (χ4n) is 1.24. The number of allylic oxidation sites excluding steroid dienone is 5. The second-order valence-corrected chi connectivity index (χ2v) is 3.12. The normalized spacial score (nSPS) is 23.8. The minimum Gasteiger partial charge on any atom is -0.381 e. The molecule has 1 N–H and O–H groups in total. The first kappa shape index (κ1) is 9.85. The molecule has 1 nitrogen and oxygen atoms in total. The highest BCUT2D eigenvalue weighted by atomic mass is 14.9. The van der Waals surface area contributed by atoms with Crippen LogP contribution in [0.15, 0.2) is 47.2 Å². The predicted octanol–water partition coefficient (Wildman–Crippen LogP) is 2.94. The zero-order valence-electron chi connectivity index (χ0n) is 8.59. The molecule has 1 heteroatoms. The van der Waals surface area contributed by atoms with E-state index in [1.807, 2.05) is 0 Å². The van der Waals surface area contributed by atoms with Crippen LogP contribution in [0.2, 0.25) is 0 Å². The van der Waals surface area contributed by atoms with Gasteiger partial charge in [0.2, 0.25) is 0 Å². The van der Waals surface area contributed by atoms with Gasteiger partial charge in [-0.25, -0.2) is 0 Å². The van der Waals surface area contributed by atoms with Crippen molar-refractivity contribution in [3.8, 4) is 0 Å². The minimum absolute atomic E-state index is 0.931. The topological polar surface area (TPSA) is 12.0 Å². The van der Waals surface area contributed by atoms with Crippen LogP contribution in [0, 0.1) is 0 Å². The van der Waals surface area contributed by atoms with Gasteiger partial charge in [-0.05, 0) is 32.4 Å². The van der Waals surface area contributed by atoms with Crippen LogP contribution in [0.1, 0.15) is 20.8 Å². The molecule has 0 saturated heterocycles.